The minimum Gasteiger partial charge on any atom is -0.464 e. The molecule has 0 radical (unpaired) electrons. The second-order valence-electron chi connectivity index (χ2n) is 3.79. The molecule has 108 valence electrons. The molecule has 0 fully saturated rings. The maximum absolute atomic E-state index is 10.9. The first kappa shape index (κ1) is 15.6. The van der Waals surface area contributed by atoms with Gasteiger partial charge in [-0.1, -0.05) is 0 Å². The Morgan fingerprint density at radius 2 is 1.84 bits per heavy atom. The van der Waals surface area contributed by atoms with Crippen molar-refractivity contribution in [1.29, 1.82) is 0 Å². The molecule has 8 heteroatoms. The van der Waals surface area contributed by atoms with Crippen molar-refractivity contribution >= 4 is 22.7 Å². The monoisotopic (exact) mass is 287 g/mol. The summed E-state index contributed by atoms with van der Waals surface area (Å²) in [6.45, 7) is 5.74. The maximum Gasteiger partial charge on any atom is 0.323 e. The summed E-state index contributed by atoms with van der Waals surface area (Å²) >= 11 is 0. The van der Waals surface area contributed by atoms with Crippen LogP contribution >= 0.6 is 0 Å². The quantitative estimate of drug-likeness (QED) is 0.652. The van der Waals surface area contributed by atoms with Gasteiger partial charge >= 0.3 is 6.01 Å². The molecule has 0 amide bonds. The van der Waals surface area contributed by atoms with Crippen LogP contribution in [0.15, 0.2) is 0 Å². The molecule has 1 aromatic heterocycles. The summed E-state index contributed by atoms with van der Waals surface area (Å²) in [5.74, 6) is 1.62. The molecule has 0 aliphatic heterocycles. The molecular weight excluding hydrogens is 266 g/mol. The van der Waals surface area contributed by atoms with E-state index >= 15 is 0 Å². The Labute approximate surface area is 116 Å². The zero-order valence-electron chi connectivity index (χ0n) is 11.6. The number of ether oxygens (including phenoxy) is 1. The Kier molecular flexibility index (Phi) is 7.09. The average Bonchev–Trinajstić information content (AvgIpc) is 2.35. The van der Waals surface area contributed by atoms with Gasteiger partial charge in [-0.3, -0.25) is 4.21 Å². The van der Waals surface area contributed by atoms with Gasteiger partial charge in [0.1, 0.15) is 0 Å². The molecule has 0 aliphatic carbocycles. The highest BCUT2D eigenvalue weighted by atomic mass is 32.2. The van der Waals surface area contributed by atoms with Gasteiger partial charge in [0.05, 0.1) is 6.61 Å². The van der Waals surface area contributed by atoms with E-state index in [4.69, 9.17) is 4.74 Å². The van der Waals surface area contributed by atoms with E-state index in [0.29, 0.717) is 36.8 Å². The highest BCUT2D eigenvalue weighted by molar-refractivity contribution is 7.84. The lowest BCUT2D eigenvalue weighted by Crippen LogP contribution is -2.12. The van der Waals surface area contributed by atoms with Gasteiger partial charge in [-0.2, -0.15) is 15.0 Å². The molecule has 0 aromatic carbocycles. The Hall–Kier alpha value is -1.44. The third kappa shape index (κ3) is 6.32. The first-order valence-electron chi connectivity index (χ1n) is 6.32. The van der Waals surface area contributed by atoms with Gasteiger partial charge < -0.3 is 15.4 Å². The predicted molar refractivity (Wildman–Crippen MR) is 77.2 cm³/mol. The molecule has 1 heterocycles. The van der Waals surface area contributed by atoms with Crippen LogP contribution in [0.25, 0.3) is 0 Å². The van der Waals surface area contributed by atoms with Crippen LogP contribution in [0.2, 0.25) is 0 Å². The Bertz CT molecular complexity index is 392. The molecule has 1 aromatic rings. The first-order valence-corrected chi connectivity index (χ1v) is 8.05. The van der Waals surface area contributed by atoms with Gasteiger partial charge in [-0.15, -0.1) is 0 Å². The van der Waals surface area contributed by atoms with Crippen molar-refractivity contribution in [3.05, 3.63) is 0 Å². The van der Waals surface area contributed by atoms with Crippen LogP contribution in [0.1, 0.15) is 20.3 Å². The van der Waals surface area contributed by atoms with Crippen molar-refractivity contribution in [1.82, 2.24) is 15.0 Å². The standard InChI is InChI=1S/C11H21N5O2S/c1-4-12-9-14-10(13-7-6-8-19(3)17)16-11(15-9)18-5-2/h4-8H2,1-3H3,(H2,12,13,14,15,16). The van der Waals surface area contributed by atoms with Crippen molar-refractivity contribution in [2.45, 2.75) is 20.3 Å². The normalized spacial score (nSPS) is 11.9. The van der Waals surface area contributed by atoms with Crippen LogP contribution in [0, 0.1) is 0 Å². The number of anilines is 2. The molecule has 0 spiro atoms. The SMILES string of the molecule is CCNc1nc(NCCCS(C)=O)nc(OCC)n1. The Morgan fingerprint density at radius 3 is 2.42 bits per heavy atom. The first-order chi connectivity index (χ1) is 9.15. The number of rotatable bonds is 9. The number of hydrogen-bond acceptors (Lipinski definition) is 7. The van der Waals surface area contributed by atoms with Gasteiger partial charge in [0, 0.05) is 35.9 Å². The molecule has 1 unspecified atom stereocenters. The fourth-order valence-corrected chi connectivity index (χ4v) is 1.89. The zero-order chi connectivity index (χ0) is 14.1. The molecule has 0 saturated heterocycles. The molecule has 2 N–H and O–H groups in total. The number of nitrogens with zero attached hydrogens (tertiary/aromatic N) is 3. The van der Waals surface area contributed by atoms with E-state index in [2.05, 4.69) is 25.6 Å². The lowest BCUT2D eigenvalue weighted by molar-refractivity contribution is 0.312. The minimum atomic E-state index is -0.768. The Balaban J connectivity index is 2.61. The van der Waals surface area contributed by atoms with E-state index < -0.39 is 10.8 Å². The molecule has 0 saturated carbocycles. The summed E-state index contributed by atoms with van der Waals surface area (Å²) in [4.78, 5) is 12.5. The van der Waals surface area contributed by atoms with Crippen LogP contribution in [-0.2, 0) is 10.8 Å². The lowest BCUT2D eigenvalue weighted by Gasteiger charge is -2.09. The summed E-state index contributed by atoms with van der Waals surface area (Å²) < 4.78 is 16.2. The molecule has 1 rings (SSSR count). The zero-order valence-corrected chi connectivity index (χ0v) is 12.4. The topological polar surface area (TPSA) is 89.0 Å². The van der Waals surface area contributed by atoms with Crippen molar-refractivity contribution in [2.75, 3.05) is 42.3 Å². The van der Waals surface area contributed by atoms with Crippen LogP contribution < -0.4 is 15.4 Å². The Morgan fingerprint density at radius 1 is 1.16 bits per heavy atom. The van der Waals surface area contributed by atoms with Crippen LogP contribution in [-0.4, -0.2) is 50.9 Å². The highest BCUT2D eigenvalue weighted by Crippen LogP contribution is 2.11. The smallest absolute Gasteiger partial charge is 0.323 e. The summed E-state index contributed by atoms with van der Waals surface area (Å²) in [7, 11) is -0.768. The second-order valence-corrected chi connectivity index (χ2v) is 5.34. The van der Waals surface area contributed by atoms with Crippen molar-refractivity contribution in [3.8, 4) is 6.01 Å². The molecule has 7 nitrogen and oxygen atoms in total. The van der Waals surface area contributed by atoms with Crippen LogP contribution in [0.3, 0.4) is 0 Å². The molecule has 19 heavy (non-hydrogen) atoms. The second kappa shape index (κ2) is 8.63. The molecular formula is C11H21N5O2S. The molecule has 0 bridgehead atoms. The van der Waals surface area contributed by atoms with E-state index in [0.717, 1.165) is 13.0 Å². The fraction of sp³-hybridized carbons (Fsp3) is 0.727. The fourth-order valence-electron chi connectivity index (χ4n) is 1.34. The van der Waals surface area contributed by atoms with E-state index in [-0.39, 0.29) is 0 Å². The highest BCUT2D eigenvalue weighted by Gasteiger charge is 2.06. The number of hydrogen-bond donors (Lipinski definition) is 2. The van der Waals surface area contributed by atoms with Gasteiger partial charge in [0.25, 0.3) is 0 Å². The van der Waals surface area contributed by atoms with Crippen molar-refractivity contribution < 1.29 is 8.95 Å². The third-order valence-electron chi connectivity index (χ3n) is 2.11. The van der Waals surface area contributed by atoms with Gasteiger partial charge in [0.2, 0.25) is 11.9 Å². The van der Waals surface area contributed by atoms with Gasteiger partial charge in [-0.05, 0) is 20.3 Å². The van der Waals surface area contributed by atoms with E-state index in [9.17, 15) is 4.21 Å². The molecule has 0 aliphatic rings. The van der Waals surface area contributed by atoms with Gasteiger partial charge in [0.15, 0.2) is 0 Å². The summed E-state index contributed by atoms with van der Waals surface area (Å²) in [6, 6.07) is 0.301. The maximum atomic E-state index is 10.9. The summed E-state index contributed by atoms with van der Waals surface area (Å²) in [6.07, 6.45) is 2.49. The van der Waals surface area contributed by atoms with Crippen molar-refractivity contribution in [2.24, 2.45) is 0 Å². The minimum absolute atomic E-state index is 0.301. The van der Waals surface area contributed by atoms with Crippen LogP contribution in [0.4, 0.5) is 11.9 Å². The summed E-state index contributed by atoms with van der Waals surface area (Å²) in [5, 5.41) is 6.11. The lowest BCUT2D eigenvalue weighted by atomic mass is 10.5. The third-order valence-corrected chi connectivity index (χ3v) is 2.98. The van der Waals surface area contributed by atoms with Crippen molar-refractivity contribution in [3.63, 3.8) is 0 Å². The van der Waals surface area contributed by atoms with E-state index in [1.54, 1.807) is 6.26 Å². The predicted octanol–water partition coefficient (Wildman–Crippen LogP) is 0.883. The average molecular weight is 287 g/mol. The van der Waals surface area contributed by atoms with Crippen LogP contribution in [0.5, 0.6) is 6.01 Å². The number of aromatic nitrogens is 3. The number of nitrogens with one attached hydrogen (secondary N) is 2. The van der Waals surface area contributed by atoms with E-state index in [1.165, 1.54) is 0 Å². The molecule has 1 atom stereocenters. The van der Waals surface area contributed by atoms with E-state index in [1.807, 2.05) is 13.8 Å². The van der Waals surface area contributed by atoms with Gasteiger partial charge in [-0.25, -0.2) is 0 Å². The largest absolute Gasteiger partial charge is 0.464 e. The summed E-state index contributed by atoms with van der Waals surface area (Å²) in [5.41, 5.74) is 0.